The molecule has 0 bridgehead atoms. The van der Waals surface area contributed by atoms with Crippen molar-refractivity contribution in [2.45, 2.75) is 37.9 Å². The van der Waals surface area contributed by atoms with Crippen molar-refractivity contribution in [2.75, 3.05) is 33.4 Å². The van der Waals surface area contributed by atoms with E-state index in [0.29, 0.717) is 49.5 Å². The average molecular weight is 516 g/mol. The van der Waals surface area contributed by atoms with Crippen molar-refractivity contribution in [3.05, 3.63) is 64.5 Å². The van der Waals surface area contributed by atoms with Crippen molar-refractivity contribution in [2.24, 2.45) is 0 Å². The van der Waals surface area contributed by atoms with E-state index < -0.39 is 17.8 Å². The third-order valence-electron chi connectivity index (χ3n) is 6.71. The number of morpholine rings is 1. The molecule has 0 spiro atoms. The lowest BCUT2D eigenvalue weighted by Crippen LogP contribution is -2.51. The Balaban J connectivity index is 1.49. The van der Waals surface area contributed by atoms with Crippen LogP contribution in [0.4, 0.5) is 4.39 Å². The second-order valence-electron chi connectivity index (χ2n) is 8.92. The first-order valence-corrected chi connectivity index (χ1v) is 12.0. The summed E-state index contributed by atoms with van der Waals surface area (Å²) in [5.74, 6) is -3.35. The van der Waals surface area contributed by atoms with Crippen LogP contribution in [0.2, 0.25) is 0 Å². The molecule has 0 radical (unpaired) electrons. The van der Waals surface area contributed by atoms with Gasteiger partial charge in [0.1, 0.15) is 30.5 Å². The summed E-state index contributed by atoms with van der Waals surface area (Å²) in [6.45, 7) is 1.23. The Morgan fingerprint density at radius 3 is 2.70 bits per heavy atom. The molecule has 0 aliphatic carbocycles. The molecule has 4 rings (SSSR count). The molecule has 1 saturated heterocycles. The lowest BCUT2D eigenvalue weighted by Gasteiger charge is -2.37. The first-order chi connectivity index (χ1) is 17.8. The largest absolute Gasteiger partial charge is 0.488 e. The number of aldehydes is 1. The van der Waals surface area contributed by atoms with Crippen LogP contribution >= 0.6 is 0 Å². The molecule has 198 valence electrons. The first-order valence-electron chi connectivity index (χ1n) is 12.0. The Morgan fingerprint density at radius 2 is 2.03 bits per heavy atom. The molecule has 0 saturated carbocycles. The number of halogens is 1. The van der Waals surface area contributed by atoms with E-state index in [1.54, 1.807) is 18.2 Å². The molecule has 2 aromatic rings. The van der Waals surface area contributed by atoms with Gasteiger partial charge in [-0.25, -0.2) is 9.29 Å². The predicted octanol–water partition coefficient (Wildman–Crippen LogP) is 0.881. The Hall–Kier alpha value is -3.38. The summed E-state index contributed by atoms with van der Waals surface area (Å²) in [6.07, 6.45) is 1.03. The fourth-order valence-electron chi connectivity index (χ4n) is 4.62. The van der Waals surface area contributed by atoms with E-state index in [4.69, 9.17) is 9.47 Å². The summed E-state index contributed by atoms with van der Waals surface area (Å²) >= 11 is 0. The van der Waals surface area contributed by atoms with Crippen molar-refractivity contribution in [3.63, 3.8) is 0 Å². The van der Waals surface area contributed by atoms with Crippen molar-refractivity contribution >= 4 is 18.1 Å². The number of nitrogens with zero attached hydrogens (tertiary/aromatic N) is 2. The van der Waals surface area contributed by atoms with E-state index in [9.17, 15) is 29.0 Å². The number of amides is 2. The Bertz CT molecular complexity index is 1170. The SMILES string of the molecule is CNC(=O)C(CCC=O)N1Cc2c(OCc3ccc(C(O)(O)N4CCOCC4)cc3F)cccc2C1=O. The maximum atomic E-state index is 14.9. The molecule has 10 nitrogen and oxygen atoms in total. The van der Waals surface area contributed by atoms with Gasteiger partial charge in [0.15, 0.2) is 0 Å². The van der Waals surface area contributed by atoms with Crippen LogP contribution in [-0.2, 0) is 33.4 Å². The van der Waals surface area contributed by atoms with Gasteiger partial charge in [-0.1, -0.05) is 18.2 Å². The van der Waals surface area contributed by atoms with E-state index in [2.05, 4.69) is 5.32 Å². The van der Waals surface area contributed by atoms with E-state index in [-0.39, 0.29) is 48.9 Å². The maximum Gasteiger partial charge on any atom is 0.255 e. The van der Waals surface area contributed by atoms with Crippen LogP contribution in [0.5, 0.6) is 5.75 Å². The molecular formula is C26H30FN3O7. The number of rotatable bonds is 10. The molecule has 2 amide bonds. The summed E-state index contributed by atoms with van der Waals surface area (Å²) in [5.41, 5.74) is 1.13. The van der Waals surface area contributed by atoms with Crippen LogP contribution in [0.25, 0.3) is 0 Å². The van der Waals surface area contributed by atoms with Gasteiger partial charge in [-0.05, 0) is 24.6 Å². The zero-order valence-corrected chi connectivity index (χ0v) is 20.5. The minimum atomic E-state index is -2.33. The standard InChI is InChI=1S/C26H30FN3O7/c1-28-24(32)22(5-3-11-31)30-15-20-19(25(30)33)4-2-6-23(20)37-16-17-7-8-18(14-21(17)27)26(34,35)29-9-12-36-13-10-29/h2,4,6-8,11,14,22,34-35H,3,5,9-10,12-13,15-16H2,1H3,(H,28,32). The number of aliphatic hydroxyl groups is 2. The molecule has 0 aromatic heterocycles. The number of hydrogen-bond donors (Lipinski definition) is 3. The number of ether oxygens (including phenoxy) is 2. The smallest absolute Gasteiger partial charge is 0.255 e. The molecule has 11 heteroatoms. The second kappa shape index (κ2) is 11.3. The van der Waals surface area contributed by atoms with Gasteiger partial charge in [0.25, 0.3) is 11.8 Å². The number of carbonyl (C=O) groups excluding carboxylic acids is 3. The molecule has 3 N–H and O–H groups in total. The van der Waals surface area contributed by atoms with Crippen LogP contribution in [0.3, 0.4) is 0 Å². The predicted molar refractivity (Wildman–Crippen MR) is 129 cm³/mol. The lowest BCUT2D eigenvalue weighted by molar-refractivity contribution is -0.287. The van der Waals surface area contributed by atoms with E-state index >= 15 is 0 Å². The number of benzene rings is 2. The van der Waals surface area contributed by atoms with Gasteiger partial charge in [0, 0.05) is 48.8 Å². The highest BCUT2D eigenvalue weighted by atomic mass is 19.1. The normalized spacial score (nSPS) is 16.9. The summed E-state index contributed by atoms with van der Waals surface area (Å²) in [4.78, 5) is 39.1. The van der Waals surface area contributed by atoms with Gasteiger partial charge < -0.3 is 34.7 Å². The third kappa shape index (κ3) is 5.49. The molecule has 2 aromatic carbocycles. The number of nitrogens with one attached hydrogen (secondary N) is 1. The monoisotopic (exact) mass is 515 g/mol. The average Bonchev–Trinajstić information content (AvgIpc) is 3.25. The molecular weight excluding hydrogens is 485 g/mol. The van der Waals surface area contributed by atoms with E-state index in [0.717, 1.165) is 6.07 Å². The first kappa shape index (κ1) is 26.7. The Labute approximate surface area is 213 Å². The summed E-state index contributed by atoms with van der Waals surface area (Å²) in [5, 5.41) is 23.7. The van der Waals surface area contributed by atoms with Crippen LogP contribution in [0, 0.1) is 5.82 Å². The minimum Gasteiger partial charge on any atom is -0.488 e. The molecule has 2 aliphatic heterocycles. The summed E-state index contributed by atoms with van der Waals surface area (Å²) in [7, 11) is 1.47. The van der Waals surface area contributed by atoms with Crippen LogP contribution in [0.15, 0.2) is 36.4 Å². The van der Waals surface area contributed by atoms with E-state index in [1.807, 2.05) is 0 Å². The van der Waals surface area contributed by atoms with Gasteiger partial charge in [-0.3, -0.25) is 9.59 Å². The molecule has 2 aliphatic rings. The van der Waals surface area contributed by atoms with Crippen molar-refractivity contribution in [1.29, 1.82) is 0 Å². The fourth-order valence-corrected chi connectivity index (χ4v) is 4.62. The summed E-state index contributed by atoms with van der Waals surface area (Å²) < 4.78 is 26.0. The zero-order valence-electron chi connectivity index (χ0n) is 20.5. The highest BCUT2D eigenvalue weighted by Gasteiger charge is 2.38. The highest BCUT2D eigenvalue weighted by molar-refractivity contribution is 6.01. The second-order valence-corrected chi connectivity index (χ2v) is 8.92. The van der Waals surface area contributed by atoms with Crippen LogP contribution in [0.1, 0.15) is 39.9 Å². The molecule has 1 fully saturated rings. The van der Waals surface area contributed by atoms with Gasteiger partial charge in [0.2, 0.25) is 5.91 Å². The third-order valence-corrected chi connectivity index (χ3v) is 6.71. The Morgan fingerprint density at radius 1 is 1.27 bits per heavy atom. The fraction of sp³-hybridized carbons (Fsp3) is 0.423. The molecule has 37 heavy (non-hydrogen) atoms. The van der Waals surface area contributed by atoms with Gasteiger partial charge in [-0.2, -0.15) is 0 Å². The number of fused-ring (bicyclic) bond motifs is 1. The number of carbonyl (C=O) groups is 3. The highest BCUT2D eigenvalue weighted by Crippen LogP contribution is 2.34. The molecule has 1 unspecified atom stereocenters. The quantitative estimate of drug-likeness (QED) is 0.314. The van der Waals surface area contributed by atoms with Crippen molar-refractivity contribution < 1.29 is 38.5 Å². The molecule has 1 atom stereocenters. The zero-order chi connectivity index (χ0) is 26.6. The number of hydrogen-bond acceptors (Lipinski definition) is 8. The van der Waals surface area contributed by atoms with E-state index in [1.165, 1.54) is 29.0 Å². The van der Waals surface area contributed by atoms with Crippen molar-refractivity contribution in [3.8, 4) is 5.75 Å². The van der Waals surface area contributed by atoms with Gasteiger partial charge in [-0.15, -0.1) is 0 Å². The molecule has 2 heterocycles. The lowest BCUT2D eigenvalue weighted by atomic mass is 10.1. The van der Waals surface area contributed by atoms with Crippen LogP contribution in [-0.4, -0.2) is 77.5 Å². The minimum absolute atomic E-state index is 0.00643. The van der Waals surface area contributed by atoms with Gasteiger partial charge in [0.05, 0.1) is 19.8 Å². The Kier molecular flexibility index (Phi) is 8.18. The van der Waals surface area contributed by atoms with Crippen LogP contribution < -0.4 is 10.1 Å². The summed E-state index contributed by atoms with van der Waals surface area (Å²) in [6, 6.07) is 8.05. The van der Waals surface area contributed by atoms with Crippen molar-refractivity contribution in [1.82, 2.24) is 15.1 Å². The maximum absolute atomic E-state index is 14.9. The topological polar surface area (TPSA) is 129 Å². The number of likely N-dealkylation sites (N-methyl/N-ethyl adjacent to an activating group) is 1. The van der Waals surface area contributed by atoms with Gasteiger partial charge >= 0.3 is 0 Å².